The molecule has 116 valence electrons. The van der Waals surface area contributed by atoms with Crippen molar-refractivity contribution in [2.75, 3.05) is 32.7 Å². The number of alkyl halides is 3. The minimum absolute atomic E-state index is 0.0733. The van der Waals surface area contributed by atoms with E-state index in [9.17, 15) is 18.0 Å². The average Bonchev–Trinajstić information content (AvgIpc) is 2.72. The van der Waals surface area contributed by atoms with Gasteiger partial charge in [0, 0.05) is 32.2 Å². The lowest BCUT2D eigenvalue weighted by molar-refractivity contribution is -0.150. The first-order valence-corrected chi connectivity index (χ1v) is 6.75. The van der Waals surface area contributed by atoms with E-state index in [1.165, 1.54) is 4.90 Å². The molecule has 2 rings (SSSR count). The van der Waals surface area contributed by atoms with Gasteiger partial charge in [0.05, 0.1) is 6.54 Å². The Kier molecular flexibility index (Phi) is 4.27. The van der Waals surface area contributed by atoms with Crippen LogP contribution in [0.1, 0.15) is 19.3 Å². The largest absolute Gasteiger partial charge is 0.480 e. The zero-order chi connectivity index (χ0) is 15.0. The molecule has 2 unspecified atom stereocenters. The first-order valence-electron chi connectivity index (χ1n) is 6.75. The van der Waals surface area contributed by atoms with E-state index in [-0.39, 0.29) is 6.04 Å². The molecule has 2 atom stereocenters. The molecule has 20 heavy (non-hydrogen) atoms. The van der Waals surface area contributed by atoms with Gasteiger partial charge in [-0.15, -0.1) is 0 Å². The highest BCUT2D eigenvalue weighted by Gasteiger charge is 2.44. The van der Waals surface area contributed by atoms with Crippen molar-refractivity contribution in [3.63, 3.8) is 0 Å². The van der Waals surface area contributed by atoms with Crippen molar-refractivity contribution in [3.05, 3.63) is 0 Å². The second-order valence-corrected chi connectivity index (χ2v) is 5.79. The standard InChI is InChI=1S/C12H20F3N3O2/c13-12(14,15)8-17-3-5-18(6-4-17)9-1-2-11(16,7-9)10(19)20/h9H,1-8,16H2,(H,19,20). The number of carboxylic acid groups (broad SMARTS) is 1. The van der Waals surface area contributed by atoms with E-state index in [0.29, 0.717) is 45.4 Å². The fourth-order valence-electron chi connectivity index (χ4n) is 3.09. The van der Waals surface area contributed by atoms with E-state index in [1.54, 1.807) is 0 Å². The molecular weight excluding hydrogens is 275 g/mol. The summed E-state index contributed by atoms with van der Waals surface area (Å²) in [4.78, 5) is 14.5. The van der Waals surface area contributed by atoms with Crippen LogP contribution < -0.4 is 5.73 Å². The van der Waals surface area contributed by atoms with E-state index in [0.717, 1.165) is 0 Å². The van der Waals surface area contributed by atoms with Crippen LogP contribution in [0.15, 0.2) is 0 Å². The summed E-state index contributed by atoms with van der Waals surface area (Å²) in [6, 6.07) is 0.0733. The van der Waals surface area contributed by atoms with Gasteiger partial charge in [0.1, 0.15) is 5.54 Å². The quantitative estimate of drug-likeness (QED) is 0.793. The van der Waals surface area contributed by atoms with Crippen molar-refractivity contribution in [3.8, 4) is 0 Å². The van der Waals surface area contributed by atoms with Crippen molar-refractivity contribution in [2.45, 2.75) is 37.0 Å². The smallest absolute Gasteiger partial charge is 0.401 e. The second-order valence-electron chi connectivity index (χ2n) is 5.79. The third-order valence-electron chi connectivity index (χ3n) is 4.28. The molecular formula is C12H20F3N3O2. The molecule has 2 aliphatic rings. The molecule has 5 nitrogen and oxygen atoms in total. The molecule has 0 aromatic heterocycles. The molecule has 8 heteroatoms. The van der Waals surface area contributed by atoms with Crippen LogP contribution in [0.2, 0.25) is 0 Å². The van der Waals surface area contributed by atoms with Crippen molar-refractivity contribution >= 4 is 5.97 Å². The summed E-state index contributed by atoms with van der Waals surface area (Å²) >= 11 is 0. The van der Waals surface area contributed by atoms with Gasteiger partial charge in [-0.3, -0.25) is 14.6 Å². The van der Waals surface area contributed by atoms with Crippen LogP contribution in [0.3, 0.4) is 0 Å². The molecule has 3 N–H and O–H groups in total. The molecule has 0 spiro atoms. The third-order valence-corrected chi connectivity index (χ3v) is 4.28. The monoisotopic (exact) mass is 295 g/mol. The maximum Gasteiger partial charge on any atom is 0.401 e. The first kappa shape index (κ1) is 15.5. The zero-order valence-corrected chi connectivity index (χ0v) is 11.2. The number of halogens is 3. The Morgan fingerprint density at radius 2 is 1.90 bits per heavy atom. The summed E-state index contributed by atoms with van der Waals surface area (Å²) in [6.45, 7) is 0.926. The fraction of sp³-hybridized carbons (Fsp3) is 0.917. The van der Waals surface area contributed by atoms with Gasteiger partial charge in [-0.2, -0.15) is 13.2 Å². The van der Waals surface area contributed by atoms with Crippen molar-refractivity contribution in [1.82, 2.24) is 9.80 Å². The molecule has 0 aromatic carbocycles. The summed E-state index contributed by atoms with van der Waals surface area (Å²) in [5.41, 5.74) is 4.65. The van der Waals surface area contributed by atoms with Crippen LogP contribution >= 0.6 is 0 Å². The van der Waals surface area contributed by atoms with Gasteiger partial charge in [-0.1, -0.05) is 0 Å². The summed E-state index contributed by atoms with van der Waals surface area (Å²) in [6.07, 6.45) is -2.66. The molecule has 0 amide bonds. The summed E-state index contributed by atoms with van der Waals surface area (Å²) in [5.74, 6) is -0.990. The zero-order valence-electron chi connectivity index (χ0n) is 11.2. The van der Waals surface area contributed by atoms with Crippen LogP contribution in [-0.4, -0.2) is 71.4 Å². The van der Waals surface area contributed by atoms with Gasteiger partial charge in [-0.25, -0.2) is 0 Å². The number of aliphatic carboxylic acids is 1. The lowest BCUT2D eigenvalue weighted by atomic mass is 9.99. The third kappa shape index (κ3) is 3.62. The lowest BCUT2D eigenvalue weighted by Crippen LogP contribution is -2.53. The number of piperazine rings is 1. The van der Waals surface area contributed by atoms with Gasteiger partial charge in [0.25, 0.3) is 0 Å². The summed E-state index contributed by atoms with van der Waals surface area (Å²) in [5, 5.41) is 9.08. The summed E-state index contributed by atoms with van der Waals surface area (Å²) in [7, 11) is 0. The lowest BCUT2D eigenvalue weighted by Gasteiger charge is -2.38. The van der Waals surface area contributed by atoms with Crippen LogP contribution in [0.4, 0.5) is 13.2 Å². The number of carboxylic acids is 1. The average molecular weight is 295 g/mol. The van der Waals surface area contributed by atoms with Crippen molar-refractivity contribution in [1.29, 1.82) is 0 Å². The Bertz CT molecular complexity index is 369. The first-order chi connectivity index (χ1) is 9.20. The minimum atomic E-state index is -4.16. The predicted octanol–water partition coefficient (Wildman–Crippen LogP) is 0.501. The maximum absolute atomic E-state index is 12.3. The fourth-order valence-corrected chi connectivity index (χ4v) is 3.09. The Morgan fingerprint density at radius 1 is 1.30 bits per heavy atom. The number of hydrogen-bond donors (Lipinski definition) is 2. The molecule has 0 aromatic rings. The molecule has 1 saturated carbocycles. The van der Waals surface area contributed by atoms with Crippen LogP contribution in [0.25, 0.3) is 0 Å². The van der Waals surface area contributed by atoms with Crippen LogP contribution in [0.5, 0.6) is 0 Å². The predicted molar refractivity (Wildman–Crippen MR) is 66.3 cm³/mol. The number of hydrogen-bond acceptors (Lipinski definition) is 4. The molecule has 1 heterocycles. The van der Waals surface area contributed by atoms with Crippen LogP contribution in [0, 0.1) is 0 Å². The highest BCUT2D eigenvalue weighted by molar-refractivity contribution is 5.79. The van der Waals surface area contributed by atoms with E-state index in [2.05, 4.69) is 4.90 Å². The second kappa shape index (κ2) is 5.50. The number of rotatable bonds is 3. The number of carbonyl (C=O) groups is 1. The van der Waals surface area contributed by atoms with E-state index >= 15 is 0 Å². The Morgan fingerprint density at radius 3 is 2.35 bits per heavy atom. The topological polar surface area (TPSA) is 69.8 Å². The van der Waals surface area contributed by atoms with Gasteiger partial charge in [0.2, 0.25) is 0 Å². The van der Waals surface area contributed by atoms with Gasteiger partial charge >= 0.3 is 12.1 Å². The van der Waals surface area contributed by atoms with Gasteiger partial charge in [0.15, 0.2) is 0 Å². The van der Waals surface area contributed by atoms with Crippen LogP contribution in [-0.2, 0) is 4.79 Å². The number of nitrogens with two attached hydrogens (primary N) is 1. The maximum atomic E-state index is 12.3. The van der Waals surface area contributed by atoms with Crippen molar-refractivity contribution in [2.24, 2.45) is 5.73 Å². The van der Waals surface area contributed by atoms with E-state index in [4.69, 9.17) is 10.8 Å². The Hall–Kier alpha value is -0.860. The van der Waals surface area contributed by atoms with E-state index in [1.807, 2.05) is 0 Å². The highest BCUT2D eigenvalue weighted by Crippen LogP contribution is 2.32. The molecule has 1 aliphatic heterocycles. The number of nitrogens with zero attached hydrogens (tertiary/aromatic N) is 2. The molecule has 0 radical (unpaired) electrons. The van der Waals surface area contributed by atoms with Gasteiger partial charge in [-0.05, 0) is 19.3 Å². The van der Waals surface area contributed by atoms with E-state index < -0.39 is 24.2 Å². The molecule has 2 fully saturated rings. The van der Waals surface area contributed by atoms with Gasteiger partial charge < -0.3 is 10.8 Å². The molecule has 1 saturated heterocycles. The minimum Gasteiger partial charge on any atom is -0.480 e. The SMILES string of the molecule is NC1(C(=O)O)CCC(N2CCN(CC(F)(F)F)CC2)C1. The Balaban J connectivity index is 1.82. The highest BCUT2D eigenvalue weighted by atomic mass is 19.4. The molecule has 0 bridgehead atoms. The molecule has 1 aliphatic carbocycles. The normalized spacial score (nSPS) is 33.5. The Labute approximate surface area is 115 Å². The summed E-state index contributed by atoms with van der Waals surface area (Å²) < 4.78 is 36.9. The van der Waals surface area contributed by atoms with Crippen molar-refractivity contribution < 1.29 is 23.1 Å².